The molecule has 1 aliphatic carbocycles. The number of hydrogen-bond acceptors (Lipinski definition) is 3. The maximum Gasteiger partial charge on any atom is 0.115 e. The highest BCUT2D eigenvalue weighted by molar-refractivity contribution is 5.61. The van der Waals surface area contributed by atoms with E-state index in [9.17, 15) is 0 Å². The molecule has 2 aromatic rings. The molecule has 0 spiro atoms. The fraction of sp³-hybridized carbons (Fsp3) is 0.474. The van der Waals surface area contributed by atoms with E-state index in [1.54, 1.807) is 6.33 Å². The number of rotatable bonds is 4. The van der Waals surface area contributed by atoms with Gasteiger partial charge in [-0.25, -0.2) is 9.97 Å². The first-order valence-electron chi connectivity index (χ1n) is 8.40. The molecule has 2 aliphatic rings. The molecule has 114 valence electrons. The van der Waals surface area contributed by atoms with Gasteiger partial charge < -0.3 is 4.90 Å². The van der Waals surface area contributed by atoms with E-state index in [0.29, 0.717) is 0 Å². The monoisotopic (exact) mass is 293 g/mol. The van der Waals surface area contributed by atoms with Crippen molar-refractivity contribution in [3.8, 4) is 11.1 Å². The molecule has 1 saturated carbocycles. The zero-order valence-electron chi connectivity index (χ0n) is 13.2. The Hall–Kier alpha value is -1.74. The highest BCUT2D eigenvalue weighted by Crippen LogP contribution is 2.48. The molecule has 0 radical (unpaired) electrons. The summed E-state index contributed by atoms with van der Waals surface area (Å²) >= 11 is 0. The Kier molecular flexibility index (Phi) is 3.67. The molecule has 3 nitrogen and oxygen atoms in total. The maximum absolute atomic E-state index is 4.09. The standard InChI is InChI=1S/C19H23N3/c1-14-3-2-8-22(14)12-17-9-19(17)16-6-4-15(5-7-16)18-10-20-13-21-11-18/h4-7,10-11,13-14,17,19H,2-3,8-9,12H2,1H3/t14-,17+,19+/m1/s1. The fourth-order valence-corrected chi connectivity index (χ4v) is 3.79. The molecular weight excluding hydrogens is 270 g/mol. The molecule has 1 aliphatic heterocycles. The van der Waals surface area contributed by atoms with Crippen molar-refractivity contribution in [3.63, 3.8) is 0 Å². The zero-order chi connectivity index (χ0) is 14.9. The van der Waals surface area contributed by atoms with E-state index in [2.05, 4.69) is 46.1 Å². The lowest BCUT2D eigenvalue weighted by Gasteiger charge is -2.20. The summed E-state index contributed by atoms with van der Waals surface area (Å²) in [7, 11) is 0. The molecule has 3 heteroatoms. The summed E-state index contributed by atoms with van der Waals surface area (Å²) in [6.07, 6.45) is 9.44. The lowest BCUT2D eigenvalue weighted by molar-refractivity contribution is 0.256. The Bertz CT molecular complexity index is 623. The fourth-order valence-electron chi connectivity index (χ4n) is 3.79. The predicted octanol–water partition coefficient (Wildman–Crippen LogP) is 3.73. The molecule has 22 heavy (non-hydrogen) atoms. The van der Waals surface area contributed by atoms with Crippen molar-refractivity contribution in [2.24, 2.45) is 5.92 Å². The van der Waals surface area contributed by atoms with Gasteiger partial charge in [-0.3, -0.25) is 0 Å². The smallest absolute Gasteiger partial charge is 0.115 e. The predicted molar refractivity (Wildman–Crippen MR) is 88.6 cm³/mol. The first-order valence-corrected chi connectivity index (χ1v) is 8.40. The van der Waals surface area contributed by atoms with Crippen molar-refractivity contribution < 1.29 is 0 Å². The Morgan fingerprint density at radius 3 is 2.55 bits per heavy atom. The SMILES string of the molecule is C[C@@H]1CCCN1C[C@@H]1C[C@H]1c1ccc(-c2cncnc2)cc1. The van der Waals surface area contributed by atoms with E-state index in [0.717, 1.165) is 23.4 Å². The second-order valence-corrected chi connectivity index (χ2v) is 6.84. The van der Waals surface area contributed by atoms with Crippen molar-refractivity contribution >= 4 is 0 Å². The van der Waals surface area contributed by atoms with Crippen LogP contribution < -0.4 is 0 Å². The molecule has 1 saturated heterocycles. The van der Waals surface area contributed by atoms with E-state index in [-0.39, 0.29) is 0 Å². The Morgan fingerprint density at radius 1 is 1.09 bits per heavy atom. The number of aromatic nitrogens is 2. The van der Waals surface area contributed by atoms with Gasteiger partial charge in [-0.1, -0.05) is 24.3 Å². The summed E-state index contributed by atoms with van der Waals surface area (Å²) < 4.78 is 0. The van der Waals surface area contributed by atoms with Gasteiger partial charge in [0.25, 0.3) is 0 Å². The third-order valence-corrected chi connectivity index (χ3v) is 5.31. The Labute approximate surface area is 132 Å². The number of likely N-dealkylation sites (tertiary alicyclic amines) is 1. The van der Waals surface area contributed by atoms with Gasteiger partial charge in [-0.05, 0) is 55.7 Å². The van der Waals surface area contributed by atoms with Crippen LogP contribution in [0.4, 0.5) is 0 Å². The molecule has 0 N–H and O–H groups in total. The molecule has 0 amide bonds. The minimum atomic E-state index is 0.772. The zero-order valence-corrected chi connectivity index (χ0v) is 13.2. The molecular formula is C19H23N3. The largest absolute Gasteiger partial charge is 0.300 e. The van der Waals surface area contributed by atoms with Crippen LogP contribution in [-0.4, -0.2) is 34.0 Å². The molecule has 2 heterocycles. The molecule has 0 bridgehead atoms. The van der Waals surface area contributed by atoms with Crippen LogP contribution in [0, 0.1) is 5.92 Å². The first kappa shape index (κ1) is 13.9. The average molecular weight is 293 g/mol. The highest BCUT2D eigenvalue weighted by Gasteiger charge is 2.40. The van der Waals surface area contributed by atoms with E-state index in [1.807, 2.05) is 12.4 Å². The van der Waals surface area contributed by atoms with E-state index >= 15 is 0 Å². The van der Waals surface area contributed by atoms with Gasteiger partial charge in [-0.15, -0.1) is 0 Å². The van der Waals surface area contributed by atoms with Gasteiger partial charge >= 0.3 is 0 Å². The third kappa shape index (κ3) is 2.78. The van der Waals surface area contributed by atoms with Crippen molar-refractivity contribution in [2.75, 3.05) is 13.1 Å². The van der Waals surface area contributed by atoms with Crippen molar-refractivity contribution in [1.29, 1.82) is 0 Å². The van der Waals surface area contributed by atoms with Crippen LogP contribution in [0.15, 0.2) is 43.0 Å². The second-order valence-electron chi connectivity index (χ2n) is 6.84. The van der Waals surface area contributed by atoms with E-state index in [1.165, 1.54) is 43.5 Å². The summed E-state index contributed by atoms with van der Waals surface area (Å²) in [5, 5.41) is 0. The molecule has 2 fully saturated rings. The lowest BCUT2D eigenvalue weighted by atomic mass is 10.0. The van der Waals surface area contributed by atoms with Crippen LogP contribution in [0.1, 0.15) is 37.7 Å². The quantitative estimate of drug-likeness (QED) is 0.860. The van der Waals surface area contributed by atoms with Gasteiger partial charge in [0.2, 0.25) is 0 Å². The van der Waals surface area contributed by atoms with Crippen LogP contribution >= 0.6 is 0 Å². The number of nitrogens with zero attached hydrogens (tertiary/aromatic N) is 3. The lowest BCUT2D eigenvalue weighted by Crippen LogP contribution is -2.29. The molecule has 3 atom stereocenters. The second kappa shape index (κ2) is 5.81. The summed E-state index contributed by atoms with van der Waals surface area (Å²) in [4.78, 5) is 10.9. The van der Waals surface area contributed by atoms with E-state index < -0.39 is 0 Å². The topological polar surface area (TPSA) is 29.0 Å². The normalized spacial score (nSPS) is 28.0. The van der Waals surface area contributed by atoms with Gasteiger partial charge in [0.05, 0.1) is 0 Å². The minimum absolute atomic E-state index is 0.772. The molecule has 4 rings (SSSR count). The number of benzene rings is 1. The van der Waals surface area contributed by atoms with Crippen LogP contribution in [0.3, 0.4) is 0 Å². The highest BCUT2D eigenvalue weighted by atomic mass is 15.2. The van der Waals surface area contributed by atoms with Gasteiger partial charge in [-0.2, -0.15) is 0 Å². The molecule has 1 aromatic heterocycles. The van der Waals surface area contributed by atoms with Gasteiger partial charge in [0, 0.05) is 30.5 Å². The van der Waals surface area contributed by atoms with Crippen LogP contribution in [0.2, 0.25) is 0 Å². The summed E-state index contributed by atoms with van der Waals surface area (Å²) in [5.41, 5.74) is 3.79. The third-order valence-electron chi connectivity index (χ3n) is 5.31. The maximum atomic E-state index is 4.09. The van der Waals surface area contributed by atoms with Crippen molar-refractivity contribution in [3.05, 3.63) is 48.5 Å². The van der Waals surface area contributed by atoms with Crippen molar-refractivity contribution in [1.82, 2.24) is 14.9 Å². The summed E-state index contributed by atoms with van der Waals surface area (Å²) in [6, 6.07) is 9.80. The average Bonchev–Trinajstić information content (AvgIpc) is 3.23. The Balaban J connectivity index is 1.40. The first-order chi connectivity index (χ1) is 10.8. The van der Waals surface area contributed by atoms with Crippen LogP contribution in [-0.2, 0) is 0 Å². The summed E-state index contributed by atoms with van der Waals surface area (Å²) in [5.74, 6) is 1.64. The van der Waals surface area contributed by atoms with Crippen LogP contribution in [0.5, 0.6) is 0 Å². The Morgan fingerprint density at radius 2 is 1.86 bits per heavy atom. The van der Waals surface area contributed by atoms with E-state index in [4.69, 9.17) is 0 Å². The van der Waals surface area contributed by atoms with Crippen LogP contribution in [0.25, 0.3) is 11.1 Å². The summed E-state index contributed by atoms with van der Waals surface area (Å²) in [6.45, 7) is 4.97. The van der Waals surface area contributed by atoms with Gasteiger partial charge in [0.15, 0.2) is 0 Å². The number of hydrogen-bond donors (Lipinski definition) is 0. The molecule has 0 unspecified atom stereocenters. The van der Waals surface area contributed by atoms with Crippen molar-refractivity contribution in [2.45, 2.75) is 38.1 Å². The van der Waals surface area contributed by atoms with Gasteiger partial charge in [0.1, 0.15) is 6.33 Å². The minimum Gasteiger partial charge on any atom is -0.300 e. The molecule has 1 aromatic carbocycles.